The molecule has 3 aromatic rings. The van der Waals surface area contributed by atoms with Gasteiger partial charge in [0.15, 0.2) is 6.39 Å². The second-order valence-electron chi connectivity index (χ2n) is 2.63. The molecule has 0 bridgehead atoms. The Bertz CT molecular complexity index is 425. The van der Waals surface area contributed by atoms with Gasteiger partial charge in [0.1, 0.15) is 6.26 Å². The van der Waals surface area contributed by atoms with E-state index in [2.05, 4.69) is 45.1 Å². The predicted octanol–water partition coefficient (Wildman–Crippen LogP) is 3.58. The zero-order valence-corrected chi connectivity index (χ0v) is 8.28. The van der Waals surface area contributed by atoms with Gasteiger partial charge in [-0.3, -0.25) is 0 Å². The van der Waals surface area contributed by atoms with Crippen LogP contribution in [0.25, 0.3) is 10.1 Å². The maximum absolute atomic E-state index is 4.47. The highest BCUT2D eigenvalue weighted by Crippen LogP contribution is 2.18. The first-order chi connectivity index (χ1) is 6.97. The number of hydrogen-bond donors (Lipinski definition) is 0. The number of benzene rings is 1. The Hall–Kier alpha value is -1.61. The number of rotatable bonds is 0. The van der Waals surface area contributed by atoms with Crippen LogP contribution in [-0.2, 0) is 0 Å². The molecule has 0 spiro atoms. The van der Waals surface area contributed by atoms with Gasteiger partial charge in [0.25, 0.3) is 0 Å². The Labute approximate surface area is 85.8 Å². The molecule has 3 rings (SSSR count). The summed E-state index contributed by atoms with van der Waals surface area (Å²) in [5.74, 6) is 0. The van der Waals surface area contributed by atoms with E-state index in [9.17, 15) is 0 Å². The van der Waals surface area contributed by atoms with Crippen LogP contribution < -0.4 is 0 Å². The third-order valence-electron chi connectivity index (χ3n) is 1.71. The summed E-state index contributed by atoms with van der Waals surface area (Å²) in [4.78, 5) is 3.56. The molecule has 0 saturated carbocycles. The van der Waals surface area contributed by atoms with Crippen molar-refractivity contribution in [3.63, 3.8) is 0 Å². The highest BCUT2D eigenvalue weighted by molar-refractivity contribution is 7.17. The van der Waals surface area contributed by atoms with Crippen LogP contribution in [0.3, 0.4) is 0 Å². The molecule has 3 heteroatoms. The Morgan fingerprint density at radius 2 is 2.07 bits per heavy atom. The molecular weight excluding hydrogens is 194 g/mol. The number of hydrogen-bond acceptors (Lipinski definition) is 3. The third kappa shape index (κ3) is 2.20. The molecule has 2 aromatic heterocycles. The van der Waals surface area contributed by atoms with Crippen LogP contribution in [0.2, 0.25) is 0 Å². The van der Waals surface area contributed by atoms with E-state index in [1.54, 1.807) is 17.5 Å². The van der Waals surface area contributed by atoms with Crippen LogP contribution in [-0.4, -0.2) is 4.98 Å². The van der Waals surface area contributed by atoms with E-state index >= 15 is 0 Å². The van der Waals surface area contributed by atoms with Crippen LogP contribution >= 0.6 is 11.3 Å². The lowest BCUT2D eigenvalue weighted by Crippen LogP contribution is -1.56. The minimum Gasteiger partial charge on any atom is -0.452 e. The number of thiophene rings is 1. The van der Waals surface area contributed by atoms with Crippen molar-refractivity contribution in [2.24, 2.45) is 0 Å². The van der Waals surface area contributed by atoms with Crippen LogP contribution in [0, 0.1) is 0 Å². The molecule has 2 nitrogen and oxygen atoms in total. The topological polar surface area (TPSA) is 26.0 Å². The maximum Gasteiger partial charge on any atom is 0.180 e. The quantitative estimate of drug-likeness (QED) is 0.558. The minimum atomic E-state index is 1.35. The zero-order chi connectivity index (χ0) is 9.64. The third-order valence-corrected chi connectivity index (χ3v) is 2.61. The van der Waals surface area contributed by atoms with Crippen molar-refractivity contribution in [3.8, 4) is 0 Å². The lowest BCUT2D eigenvalue weighted by molar-refractivity contribution is 0.558. The van der Waals surface area contributed by atoms with Gasteiger partial charge < -0.3 is 4.42 Å². The molecular formula is C11H9NOS. The van der Waals surface area contributed by atoms with Crippen LogP contribution in [0.1, 0.15) is 0 Å². The number of fused-ring (bicyclic) bond motifs is 1. The summed E-state index contributed by atoms with van der Waals surface area (Å²) in [7, 11) is 0. The molecule has 0 fully saturated rings. The Kier molecular flexibility index (Phi) is 2.93. The van der Waals surface area contributed by atoms with Crippen molar-refractivity contribution in [2.45, 2.75) is 0 Å². The van der Waals surface area contributed by atoms with Gasteiger partial charge in [-0.25, -0.2) is 4.98 Å². The van der Waals surface area contributed by atoms with Gasteiger partial charge in [-0.15, -0.1) is 11.3 Å². The molecule has 0 saturated heterocycles. The zero-order valence-electron chi connectivity index (χ0n) is 7.46. The predicted molar refractivity (Wildman–Crippen MR) is 58.3 cm³/mol. The normalized spacial score (nSPS) is 9.43. The largest absolute Gasteiger partial charge is 0.452 e. The van der Waals surface area contributed by atoms with E-state index in [1.807, 2.05) is 0 Å². The molecule has 1 aromatic carbocycles. The second-order valence-corrected chi connectivity index (χ2v) is 3.58. The molecule has 0 unspecified atom stereocenters. The molecule has 14 heavy (non-hydrogen) atoms. The molecule has 0 aliphatic carbocycles. The summed E-state index contributed by atoms with van der Waals surface area (Å²) in [6.45, 7) is 0. The van der Waals surface area contributed by atoms with Gasteiger partial charge in [0.2, 0.25) is 0 Å². The molecule has 70 valence electrons. The Morgan fingerprint density at radius 3 is 2.71 bits per heavy atom. The monoisotopic (exact) mass is 203 g/mol. The molecule has 0 N–H and O–H groups in total. The van der Waals surface area contributed by atoms with Crippen LogP contribution in [0.5, 0.6) is 0 Å². The highest BCUT2D eigenvalue weighted by Gasteiger charge is 1.87. The summed E-state index contributed by atoms with van der Waals surface area (Å²) in [5, 5.41) is 3.47. The van der Waals surface area contributed by atoms with Gasteiger partial charge in [0.05, 0.1) is 6.20 Å². The average Bonchev–Trinajstić information content (AvgIpc) is 2.92. The van der Waals surface area contributed by atoms with Crippen LogP contribution in [0.15, 0.2) is 59.0 Å². The van der Waals surface area contributed by atoms with Crippen molar-refractivity contribution in [1.29, 1.82) is 0 Å². The Balaban J connectivity index is 0.000000128. The summed E-state index contributed by atoms with van der Waals surface area (Å²) in [6.07, 6.45) is 4.47. The summed E-state index contributed by atoms with van der Waals surface area (Å²) < 4.78 is 5.84. The van der Waals surface area contributed by atoms with Gasteiger partial charge in [-0.1, -0.05) is 18.2 Å². The first kappa shape index (κ1) is 8.97. The molecule has 0 aliphatic rings. The average molecular weight is 203 g/mol. The molecule has 0 amide bonds. The standard InChI is InChI=1S/C8H6S.C3H3NO/c1-2-4-8-7(3-1)5-6-9-8;1-2-5-3-4-1/h1-6H;1-3H. The fourth-order valence-corrected chi connectivity index (χ4v) is 1.87. The number of nitrogens with zero attached hydrogens (tertiary/aromatic N) is 1. The molecule has 0 atom stereocenters. The summed E-state index contributed by atoms with van der Waals surface area (Å²) in [5.41, 5.74) is 0. The lowest BCUT2D eigenvalue weighted by atomic mass is 10.3. The van der Waals surface area contributed by atoms with Crippen molar-refractivity contribution in [2.75, 3.05) is 0 Å². The number of aromatic nitrogens is 1. The summed E-state index contributed by atoms with van der Waals surface area (Å²) >= 11 is 1.79. The lowest BCUT2D eigenvalue weighted by Gasteiger charge is -1.82. The van der Waals surface area contributed by atoms with Gasteiger partial charge in [-0.2, -0.15) is 0 Å². The van der Waals surface area contributed by atoms with Crippen LogP contribution in [0.4, 0.5) is 0 Å². The smallest absolute Gasteiger partial charge is 0.180 e. The minimum absolute atomic E-state index is 1.35. The van der Waals surface area contributed by atoms with E-state index in [-0.39, 0.29) is 0 Å². The maximum atomic E-state index is 4.47. The van der Waals surface area contributed by atoms with E-state index in [0.29, 0.717) is 0 Å². The van der Waals surface area contributed by atoms with E-state index < -0.39 is 0 Å². The number of oxazole rings is 1. The summed E-state index contributed by atoms with van der Waals surface area (Å²) in [6, 6.07) is 10.5. The SMILES string of the molecule is c1ccc2sccc2c1.c1cocn1. The van der Waals surface area contributed by atoms with Gasteiger partial charge in [0, 0.05) is 4.70 Å². The molecule has 0 radical (unpaired) electrons. The fourth-order valence-electron chi connectivity index (χ4n) is 1.08. The first-order valence-electron chi connectivity index (χ1n) is 4.21. The van der Waals surface area contributed by atoms with E-state index in [0.717, 1.165) is 0 Å². The van der Waals surface area contributed by atoms with Crippen molar-refractivity contribution >= 4 is 21.4 Å². The van der Waals surface area contributed by atoms with Gasteiger partial charge >= 0.3 is 0 Å². The first-order valence-corrected chi connectivity index (χ1v) is 5.09. The van der Waals surface area contributed by atoms with Crippen molar-refractivity contribution < 1.29 is 4.42 Å². The van der Waals surface area contributed by atoms with Crippen molar-refractivity contribution in [3.05, 3.63) is 54.6 Å². The fraction of sp³-hybridized carbons (Fsp3) is 0. The highest BCUT2D eigenvalue weighted by atomic mass is 32.1. The Morgan fingerprint density at radius 1 is 1.14 bits per heavy atom. The van der Waals surface area contributed by atoms with Gasteiger partial charge in [-0.05, 0) is 22.9 Å². The second kappa shape index (κ2) is 4.58. The molecule has 0 aliphatic heterocycles. The molecule has 2 heterocycles. The van der Waals surface area contributed by atoms with Crippen molar-refractivity contribution in [1.82, 2.24) is 4.98 Å². The van der Waals surface area contributed by atoms with E-state index in [1.165, 1.54) is 22.7 Å². The van der Waals surface area contributed by atoms with E-state index in [4.69, 9.17) is 0 Å².